The van der Waals surface area contributed by atoms with Crippen molar-refractivity contribution in [3.63, 3.8) is 0 Å². The van der Waals surface area contributed by atoms with E-state index in [-0.39, 0.29) is 32.7 Å². The Hall–Kier alpha value is -0.316. The molecule has 0 atom stereocenters. The van der Waals surface area contributed by atoms with E-state index < -0.39 is 0 Å². The van der Waals surface area contributed by atoms with E-state index in [1.165, 1.54) is 0 Å². The Kier molecular flexibility index (Phi) is 6.21. The predicted molar refractivity (Wildman–Crippen MR) is 39.6 cm³/mol. The number of hydrogen-bond donors (Lipinski definition) is 0. The van der Waals surface area contributed by atoms with Gasteiger partial charge in [0.25, 0.3) is 0 Å². The van der Waals surface area contributed by atoms with Crippen LogP contribution < -0.4 is 4.74 Å². The number of rotatable bonds is 2. The third-order valence-corrected chi connectivity index (χ3v) is 1.00. The molecule has 0 aliphatic carbocycles. The summed E-state index contributed by atoms with van der Waals surface area (Å²) in [5.41, 5.74) is 0. The van der Waals surface area contributed by atoms with E-state index in [1.807, 2.05) is 18.2 Å². The summed E-state index contributed by atoms with van der Waals surface area (Å²) >= 11 is 0. The monoisotopic (exact) mass is 220 g/mol. The minimum absolute atomic E-state index is 0. The minimum atomic E-state index is 0. The molecule has 1 rings (SSSR count). The van der Waals surface area contributed by atoms with Gasteiger partial charge in [-0.3, -0.25) is 0 Å². The first kappa shape index (κ1) is 10.7. The van der Waals surface area contributed by atoms with Gasteiger partial charge in [-0.05, 0) is 0 Å². The van der Waals surface area contributed by atoms with Crippen molar-refractivity contribution in [1.29, 1.82) is 0 Å². The molecule has 0 N–H and O–H groups in total. The summed E-state index contributed by atoms with van der Waals surface area (Å²) in [5, 5.41) is 0. The second-order valence-electron chi connectivity index (χ2n) is 1.73. The summed E-state index contributed by atoms with van der Waals surface area (Å²) in [4.78, 5) is 0. The predicted octanol–water partition coefficient (Wildman–Crippen LogP) is 1.50. The molecule has 1 radical (unpaired) electrons. The zero-order chi connectivity index (χ0) is 7.23. The van der Waals surface area contributed by atoms with Gasteiger partial charge in [-0.15, -0.1) is 18.6 Å². The Morgan fingerprint density at radius 3 is 3.00 bits per heavy atom. The molecule has 0 aliphatic heterocycles. The molecular weight excluding hydrogens is 213 g/mol. The third kappa shape index (κ3) is 4.19. The molecule has 1 nitrogen and oxygen atoms in total. The number of benzene rings is 1. The van der Waals surface area contributed by atoms with Gasteiger partial charge in [0, 0.05) is 38.5 Å². The first-order valence-corrected chi connectivity index (χ1v) is 2.96. The molecule has 0 amide bonds. The van der Waals surface area contributed by atoms with E-state index >= 15 is 0 Å². The molecule has 0 saturated carbocycles. The van der Waals surface area contributed by atoms with Crippen LogP contribution in [0.15, 0.2) is 24.3 Å². The Morgan fingerprint density at radius 1 is 1.64 bits per heavy atom. The Bertz CT molecular complexity index is 225. The quantitative estimate of drug-likeness (QED) is 0.542. The van der Waals surface area contributed by atoms with Crippen molar-refractivity contribution in [3.8, 4) is 18.1 Å². The maximum atomic E-state index is 5.09. The van der Waals surface area contributed by atoms with E-state index in [0.29, 0.717) is 6.61 Å². The summed E-state index contributed by atoms with van der Waals surface area (Å²) in [6, 6.07) is 10.1. The Balaban J connectivity index is 0.000001000. The SMILES string of the molecule is C#CCOc1c[c-]ccc1.[Y]. The molecule has 0 aromatic heterocycles. The molecule has 0 aliphatic rings. The number of hydrogen-bond acceptors (Lipinski definition) is 1. The normalized spacial score (nSPS) is 7.55. The van der Waals surface area contributed by atoms with Crippen molar-refractivity contribution in [1.82, 2.24) is 0 Å². The molecule has 2 heteroatoms. The third-order valence-electron chi connectivity index (χ3n) is 1.00. The number of terminal acetylenes is 1. The molecule has 0 saturated heterocycles. The Labute approximate surface area is 92.0 Å². The van der Waals surface area contributed by atoms with E-state index in [0.717, 1.165) is 5.75 Å². The van der Waals surface area contributed by atoms with Crippen molar-refractivity contribution in [3.05, 3.63) is 30.3 Å². The van der Waals surface area contributed by atoms with Gasteiger partial charge in [-0.25, -0.2) is 0 Å². The zero-order valence-electron chi connectivity index (χ0n) is 6.08. The molecule has 53 valence electrons. The topological polar surface area (TPSA) is 9.23 Å². The van der Waals surface area contributed by atoms with Crippen molar-refractivity contribution in [2.45, 2.75) is 0 Å². The smallest absolute Gasteiger partial charge is 0.133 e. The van der Waals surface area contributed by atoms with Gasteiger partial charge in [0.15, 0.2) is 0 Å². The number of ether oxygens (including phenoxy) is 1. The zero-order valence-corrected chi connectivity index (χ0v) is 8.92. The maximum absolute atomic E-state index is 5.09. The van der Waals surface area contributed by atoms with Crippen LogP contribution in [0.1, 0.15) is 0 Å². The van der Waals surface area contributed by atoms with Crippen LogP contribution >= 0.6 is 0 Å². The molecule has 0 unspecified atom stereocenters. The largest absolute Gasteiger partial charge is 0.540 e. The van der Waals surface area contributed by atoms with Gasteiger partial charge in [-0.1, -0.05) is 5.92 Å². The fourth-order valence-electron chi connectivity index (χ4n) is 0.592. The summed E-state index contributed by atoms with van der Waals surface area (Å²) in [7, 11) is 0. The molecule has 11 heavy (non-hydrogen) atoms. The van der Waals surface area contributed by atoms with Gasteiger partial charge < -0.3 is 4.74 Å². The standard InChI is InChI=1S/C9H7O.Y/c1-2-8-10-9-6-4-3-5-7-9;/h1,3-4,6-7H,8H2;/q-1;. The van der Waals surface area contributed by atoms with Crippen molar-refractivity contribution in [2.24, 2.45) is 0 Å². The summed E-state index contributed by atoms with van der Waals surface area (Å²) in [6.07, 6.45) is 4.99. The van der Waals surface area contributed by atoms with Crippen LogP contribution in [0.5, 0.6) is 5.75 Å². The van der Waals surface area contributed by atoms with E-state index in [1.54, 1.807) is 6.07 Å². The fraction of sp³-hybridized carbons (Fsp3) is 0.111. The minimum Gasteiger partial charge on any atom is -0.540 e. The fourth-order valence-corrected chi connectivity index (χ4v) is 0.592. The first-order chi connectivity index (χ1) is 4.93. The van der Waals surface area contributed by atoms with Crippen LogP contribution in [0.25, 0.3) is 0 Å². The van der Waals surface area contributed by atoms with Crippen LogP contribution in [-0.4, -0.2) is 6.61 Å². The van der Waals surface area contributed by atoms with Crippen molar-refractivity contribution in [2.75, 3.05) is 6.61 Å². The second kappa shape index (κ2) is 6.40. The molecule has 1 aromatic carbocycles. The van der Waals surface area contributed by atoms with Gasteiger partial charge in [0.2, 0.25) is 0 Å². The van der Waals surface area contributed by atoms with Crippen LogP contribution in [-0.2, 0) is 32.7 Å². The molecular formula is C9H7OY-. The average molecular weight is 220 g/mol. The molecule has 1 aromatic rings. The molecule has 0 spiro atoms. The van der Waals surface area contributed by atoms with E-state index in [4.69, 9.17) is 11.2 Å². The van der Waals surface area contributed by atoms with Gasteiger partial charge >= 0.3 is 0 Å². The summed E-state index contributed by atoms with van der Waals surface area (Å²) in [5.74, 6) is 3.14. The summed E-state index contributed by atoms with van der Waals surface area (Å²) in [6.45, 7) is 0.317. The first-order valence-electron chi connectivity index (χ1n) is 2.96. The summed E-state index contributed by atoms with van der Waals surface area (Å²) < 4.78 is 5.09. The van der Waals surface area contributed by atoms with Crippen LogP contribution in [0, 0.1) is 18.4 Å². The maximum Gasteiger partial charge on any atom is 0.133 e. The van der Waals surface area contributed by atoms with Gasteiger partial charge in [0.1, 0.15) is 6.61 Å². The van der Waals surface area contributed by atoms with E-state index in [2.05, 4.69) is 12.0 Å². The van der Waals surface area contributed by atoms with Gasteiger partial charge in [0.05, 0.1) is 0 Å². The average Bonchev–Trinajstić information content (AvgIpc) is 2.03. The van der Waals surface area contributed by atoms with Crippen molar-refractivity contribution >= 4 is 0 Å². The van der Waals surface area contributed by atoms with Crippen LogP contribution in [0.3, 0.4) is 0 Å². The molecule has 0 bridgehead atoms. The molecule has 0 heterocycles. The van der Waals surface area contributed by atoms with E-state index in [9.17, 15) is 0 Å². The Morgan fingerprint density at radius 2 is 2.45 bits per heavy atom. The van der Waals surface area contributed by atoms with Gasteiger partial charge in [-0.2, -0.15) is 18.2 Å². The second-order valence-corrected chi connectivity index (χ2v) is 1.73. The van der Waals surface area contributed by atoms with Crippen LogP contribution in [0.2, 0.25) is 0 Å². The molecule has 0 fully saturated rings. The van der Waals surface area contributed by atoms with Crippen molar-refractivity contribution < 1.29 is 37.4 Å². The van der Waals surface area contributed by atoms with Crippen LogP contribution in [0.4, 0.5) is 0 Å².